The van der Waals surface area contributed by atoms with Crippen LogP contribution in [0.2, 0.25) is 5.02 Å². The maximum Gasteiger partial charge on any atom is 0.337 e. The van der Waals surface area contributed by atoms with Gasteiger partial charge >= 0.3 is 5.97 Å². The molecule has 0 atom stereocenters. The van der Waals surface area contributed by atoms with E-state index in [9.17, 15) is 4.79 Å². The number of hydrogen-bond donors (Lipinski definition) is 1. The first-order chi connectivity index (χ1) is 9.66. The van der Waals surface area contributed by atoms with Gasteiger partial charge in [0.1, 0.15) is 24.0 Å². The van der Waals surface area contributed by atoms with Gasteiger partial charge in [-0.1, -0.05) is 29.8 Å². The van der Waals surface area contributed by atoms with Crippen molar-refractivity contribution < 1.29 is 19.4 Å². The Morgan fingerprint density at radius 2 is 1.90 bits per heavy atom. The molecule has 0 radical (unpaired) electrons. The molecule has 0 aliphatic heterocycles. The van der Waals surface area contributed by atoms with Crippen molar-refractivity contribution in [1.29, 1.82) is 0 Å². The Balaban J connectivity index is 1.84. The lowest BCUT2D eigenvalue weighted by Crippen LogP contribution is -2.10. The van der Waals surface area contributed by atoms with E-state index < -0.39 is 5.97 Å². The molecule has 0 saturated heterocycles. The molecule has 0 aliphatic rings. The van der Waals surface area contributed by atoms with Crippen LogP contribution < -0.4 is 9.47 Å². The summed E-state index contributed by atoms with van der Waals surface area (Å²) in [7, 11) is 0. The predicted molar refractivity (Wildman–Crippen MR) is 73.6 cm³/mol. The highest BCUT2D eigenvalue weighted by atomic mass is 35.5. The fraction of sp³-hybridized carbons (Fsp3) is 0.143. The number of hydrogen-bond acceptors (Lipinski definition) is 4. The molecule has 0 bridgehead atoms. The van der Waals surface area contributed by atoms with Crippen LogP contribution in [0.25, 0.3) is 0 Å². The van der Waals surface area contributed by atoms with Gasteiger partial charge in [-0.25, -0.2) is 9.78 Å². The quantitative estimate of drug-likeness (QED) is 0.829. The molecule has 0 unspecified atom stereocenters. The molecule has 0 amide bonds. The number of carboxylic acid groups (broad SMARTS) is 1. The molecule has 0 saturated carbocycles. The molecule has 2 aromatic rings. The fourth-order valence-corrected chi connectivity index (χ4v) is 1.68. The summed E-state index contributed by atoms with van der Waals surface area (Å²) in [6.07, 6.45) is 1.20. The minimum Gasteiger partial charge on any atom is -0.490 e. The van der Waals surface area contributed by atoms with Crippen molar-refractivity contribution in [2.45, 2.75) is 0 Å². The number of ether oxygens (including phenoxy) is 2. The van der Waals surface area contributed by atoms with E-state index in [0.29, 0.717) is 6.61 Å². The predicted octanol–water partition coefficient (Wildman–Crippen LogP) is 2.89. The Bertz CT molecular complexity index is 589. The van der Waals surface area contributed by atoms with Crippen molar-refractivity contribution in [3.05, 3.63) is 53.2 Å². The van der Waals surface area contributed by atoms with Gasteiger partial charge in [-0.3, -0.25) is 0 Å². The maximum absolute atomic E-state index is 10.7. The van der Waals surface area contributed by atoms with E-state index in [1.54, 1.807) is 0 Å². The van der Waals surface area contributed by atoms with Crippen LogP contribution in [0, 0.1) is 0 Å². The zero-order valence-corrected chi connectivity index (χ0v) is 11.2. The molecule has 20 heavy (non-hydrogen) atoms. The van der Waals surface area contributed by atoms with E-state index in [-0.39, 0.29) is 23.1 Å². The SMILES string of the molecule is O=C(O)c1cnc(OCCOc2ccccc2)c(Cl)c1. The third kappa shape index (κ3) is 3.86. The van der Waals surface area contributed by atoms with Crippen molar-refractivity contribution in [1.82, 2.24) is 4.98 Å². The van der Waals surface area contributed by atoms with Crippen LogP contribution in [0.1, 0.15) is 10.4 Å². The molecule has 6 heteroatoms. The van der Waals surface area contributed by atoms with E-state index in [0.717, 1.165) is 5.75 Å². The molecule has 0 aliphatic carbocycles. The summed E-state index contributed by atoms with van der Waals surface area (Å²) in [6, 6.07) is 10.6. The first kappa shape index (κ1) is 14.1. The molecular weight excluding hydrogens is 282 g/mol. The van der Waals surface area contributed by atoms with Crippen molar-refractivity contribution in [2.24, 2.45) is 0 Å². The highest BCUT2D eigenvalue weighted by Crippen LogP contribution is 2.22. The van der Waals surface area contributed by atoms with Crippen LogP contribution in [-0.4, -0.2) is 29.3 Å². The number of benzene rings is 1. The largest absolute Gasteiger partial charge is 0.490 e. The van der Waals surface area contributed by atoms with Crippen molar-refractivity contribution in [3.8, 4) is 11.6 Å². The van der Waals surface area contributed by atoms with E-state index in [1.165, 1.54) is 12.3 Å². The Kier molecular flexibility index (Phi) is 4.79. The Hall–Kier alpha value is -2.27. The number of rotatable bonds is 6. The number of aromatic nitrogens is 1. The van der Waals surface area contributed by atoms with E-state index in [2.05, 4.69) is 4.98 Å². The summed E-state index contributed by atoms with van der Waals surface area (Å²) in [5.41, 5.74) is 0.0166. The van der Waals surface area contributed by atoms with Crippen molar-refractivity contribution in [2.75, 3.05) is 13.2 Å². The molecule has 0 fully saturated rings. The molecule has 1 N–H and O–H groups in total. The molecule has 5 nitrogen and oxygen atoms in total. The molecule has 1 aromatic carbocycles. The van der Waals surface area contributed by atoms with E-state index >= 15 is 0 Å². The minimum absolute atomic E-state index is 0.0166. The van der Waals surface area contributed by atoms with Crippen LogP contribution >= 0.6 is 11.6 Å². The van der Waals surface area contributed by atoms with Gasteiger partial charge < -0.3 is 14.6 Å². The monoisotopic (exact) mass is 293 g/mol. The zero-order valence-electron chi connectivity index (χ0n) is 10.5. The fourth-order valence-electron chi connectivity index (χ4n) is 1.46. The Morgan fingerprint density at radius 3 is 2.55 bits per heavy atom. The third-order valence-corrected chi connectivity index (χ3v) is 2.66. The molecule has 0 spiro atoms. The normalized spacial score (nSPS) is 10.1. The summed E-state index contributed by atoms with van der Waals surface area (Å²) in [5.74, 6) is -0.150. The summed E-state index contributed by atoms with van der Waals surface area (Å²) in [6.45, 7) is 0.594. The topological polar surface area (TPSA) is 68.7 Å². The van der Waals surface area contributed by atoms with Gasteiger partial charge in [0.15, 0.2) is 0 Å². The van der Waals surface area contributed by atoms with Crippen molar-refractivity contribution in [3.63, 3.8) is 0 Å². The third-order valence-electron chi connectivity index (χ3n) is 2.39. The number of para-hydroxylation sites is 1. The second-order valence-electron chi connectivity index (χ2n) is 3.83. The first-order valence-electron chi connectivity index (χ1n) is 5.86. The standard InChI is InChI=1S/C14H12ClNO4/c15-12-8-10(14(17)18)9-16-13(12)20-7-6-19-11-4-2-1-3-5-11/h1-5,8-9H,6-7H2,(H,17,18). The van der Waals surface area contributed by atoms with Crippen LogP contribution in [0.3, 0.4) is 0 Å². The second kappa shape index (κ2) is 6.77. The number of carboxylic acids is 1. The average Bonchev–Trinajstić information content (AvgIpc) is 2.46. The van der Waals surface area contributed by atoms with Crippen LogP contribution in [0.4, 0.5) is 0 Å². The Morgan fingerprint density at radius 1 is 1.20 bits per heavy atom. The van der Waals surface area contributed by atoms with Gasteiger partial charge in [0.05, 0.1) is 5.56 Å². The van der Waals surface area contributed by atoms with Gasteiger partial charge in [-0.2, -0.15) is 0 Å². The van der Waals surface area contributed by atoms with Gasteiger partial charge in [-0.15, -0.1) is 0 Å². The number of halogens is 1. The number of aromatic carboxylic acids is 1. The van der Waals surface area contributed by atoms with Gasteiger partial charge in [-0.05, 0) is 18.2 Å². The van der Waals surface area contributed by atoms with Crippen molar-refractivity contribution >= 4 is 17.6 Å². The van der Waals surface area contributed by atoms with Crippen LogP contribution in [0.15, 0.2) is 42.6 Å². The highest BCUT2D eigenvalue weighted by Gasteiger charge is 2.09. The second-order valence-corrected chi connectivity index (χ2v) is 4.23. The van der Waals surface area contributed by atoms with Crippen LogP contribution in [0.5, 0.6) is 11.6 Å². The smallest absolute Gasteiger partial charge is 0.337 e. The van der Waals surface area contributed by atoms with Gasteiger partial charge in [0, 0.05) is 6.20 Å². The van der Waals surface area contributed by atoms with E-state index in [1.807, 2.05) is 30.3 Å². The lowest BCUT2D eigenvalue weighted by Gasteiger charge is -2.08. The number of nitrogens with zero attached hydrogens (tertiary/aromatic N) is 1. The summed E-state index contributed by atoms with van der Waals surface area (Å²) in [4.78, 5) is 14.6. The lowest BCUT2D eigenvalue weighted by atomic mass is 10.3. The minimum atomic E-state index is -1.08. The Labute approximate surface area is 120 Å². The molecule has 1 aromatic heterocycles. The highest BCUT2D eigenvalue weighted by molar-refractivity contribution is 6.32. The maximum atomic E-state index is 10.7. The molecule has 1 heterocycles. The lowest BCUT2D eigenvalue weighted by molar-refractivity contribution is 0.0696. The average molecular weight is 294 g/mol. The van der Waals surface area contributed by atoms with Crippen LogP contribution in [-0.2, 0) is 0 Å². The van der Waals surface area contributed by atoms with Gasteiger partial charge in [0.25, 0.3) is 0 Å². The number of carbonyl (C=O) groups is 1. The first-order valence-corrected chi connectivity index (χ1v) is 6.24. The number of pyridine rings is 1. The molecular formula is C14H12ClNO4. The summed E-state index contributed by atoms with van der Waals surface area (Å²) in [5, 5.41) is 8.94. The summed E-state index contributed by atoms with van der Waals surface area (Å²) >= 11 is 5.88. The van der Waals surface area contributed by atoms with E-state index in [4.69, 9.17) is 26.2 Å². The molecule has 2 rings (SSSR count). The summed E-state index contributed by atoms with van der Waals surface area (Å²) < 4.78 is 10.8. The van der Waals surface area contributed by atoms with Gasteiger partial charge in [0.2, 0.25) is 5.88 Å². The zero-order chi connectivity index (χ0) is 14.4. The molecule has 104 valence electrons.